The summed E-state index contributed by atoms with van der Waals surface area (Å²) >= 11 is 0. The van der Waals surface area contributed by atoms with E-state index in [0.29, 0.717) is 23.2 Å². The maximum absolute atomic E-state index is 6.03. The Bertz CT molecular complexity index is 1640. The number of hydrogen-bond acceptors (Lipinski definition) is 6. The quantitative estimate of drug-likeness (QED) is 0.278. The smallest absolute Gasteiger partial charge is 0.228 e. The van der Waals surface area contributed by atoms with Gasteiger partial charge in [-0.25, -0.2) is 9.97 Å². The number of nitrogens with one attached hydrogen (secondary N) is 2. The van der Waals surface area contributed by atoms with E-state index in [2.05, 4.69) is 39.6 Å². The van der Waals surface area contributed by atoms with Crippen LogP contribution in [0.3, 0.4) is 0 Å². The first-order valence-corrected chi connectivity index (χ1v) is 11.8. The highest BCUT2D eigenvalue weighted by Crippen LogP contribution is 2.42. The van der Waals surface area contributed by atoms with Crippen molar-refractivity contribution < 1.29 is 9.47 Å². The van der Waals surface area contributed by atoms with Crippen molar-refractivity contribution in [2.75, 3.05) is 19.5 Å². The lowest BCUT2D eigenvalue weighted by atomic mass is 10.0. The maximum Gasteiger partial charge on any atom is 0.228 e. The first-order valence-electron chi connectivity index (χ1n) is 11.8. The normalized spacial score (nSPS) is 11.0. The Labute approximate surface area is 213 Å². The van der Waals surface area contributed by atoms with Crippen LogP contribution >= 0.6 is 0 Å². The number of hydrogen-bond donors (Lipinski definition) is 2. The summed E-state index contributed by atoms with van der Waals surface area (Å²) in [4.78, 5) is 12.4. The molecule has 8 nitrogen and oxygen atoms in total. The Morgan fingerprint density at radius 3 is 2.05 bits per heavy atom. The van der Waals surface area contributed by atoms with Gasteiger partial charge in [-0.3, -0.25) is 0 Å². The minimum absolute atomic E-state index is 0.552. The van der Waals surface area contributed by atoms with Crippen LogP contribution in [-0.2, 0) is 0 Å². The monoisotopic (exact) mass is 488 g/mol. The number of methoxy groups -OCH3 is 2. The van der Waals surface area contributed by atoms with Gasteiger partial charge >= 0.3 is 0 Å². The van der Waals surface area contributed by atoms with Crippen LogP contribution in [0.15, 0.2) is 97.5 Å². The predicted molar refractivity (Wildman–Crippen MR) is 144 cm³/mol. The van der Waals surface area contributed by atoms with Gasteiger partial charge in [-0.05, 0) is 23.3 Å². The van der Waals surface area contributed by atoms with E-state index in [1.807, 2.05) is 60.7 Å². The molecule has 0 aliphatic rings. The van der Waals surface area contributed by atoms with Gasteiger partial charge in [0.15, 0.2) is 5.65 Å². The Balaban J connectivity index is 1.69. The second-order valence-corrected chi connectivity index (χ2v) is 8.35. The molecule has 3 heterocycles. The number of benzene rings is 3. The summed E-state index contributed by atoms with van der Waals surface area (Å²) < 4.78 is 13.2. The number of fused-ring (bicyclic) bond motifs is 1. The molecule has 0 amide bonds. The summed E-state index contributed by atoms with van der Waals surface area (Å²) in [6, 6.07) is 28.0. The molecule has 6 rings (SSSR count). The zero-order valence-corrected chi connectivity index (χ0v) is 20.3. The van der Waals surface area contributed by atoms with Crippen LogP contribution in [0.25, 0.3) is 39.2 Å². The number of nitrogens with zero attached hydrogens (tertiary/aromatic N) is 4. The van der Waals surface area contributed by atoms with Gasteiger partial charge in [-0.15, -0.1) is 0 Å². The molecule has 0 fully saturated rings. The average Bonchev–Trinajstić information content (AvgIpc) is 3.61. The van der Waals surface area contributed by atoms with Crippen LogP contribution in [0.5, 0.6) is 11.6 Å². The van der Waals surface area contributed by atoms with Gasteiger partial charge in [0.25, 0.3) is 0 Å². The second-order valence-electron chi connectivity index (χ2n) is 8.35. The zero-order valence-electron chi connectivity index (χ0n) is 20.3. The predicted octanol–water partition coefficient (Wildman–Crippen LogP) is 6.21. The third kappa shape index (κ3) is 4.04. The summed E-state index contributed by atoms with van der Waals surface area (Å²) in [6.45, 7) is 0. The largest absolute Gasteiger partial charge is 0.497 e. The molecule has 3 aromatic carbocycles. The molecule has 6 aromatic rings. The van der Waals surface area contributed by atoms with E-state index in [-0.39, 0.29) is 0 Å². The van der Waals surface area contributed by atoms with Gasteiger partial charge < -0.3 is 19.8 Å². The van der Waals surface area contributed by atoms with Gasteiger partial charge in [-0.1, -0.05) is 72.8 Å². The zero-order chi connectivity index (χ0) is 25.2. The van der Waals surface area contributed by atoms with Crippen LogP contribution in [0, 0.1) is 0 Å². The average molecular weight is 489 g/mol. The highest BCUT2D eigenvalue weighted by molar-refractivity contribution is 5.93. The Morgan fingerprint density at radius 2 is 1.43 bits per heavy atom. The molecular formula is C29H24N6O2. The molecule has 182 valence electrons. The van der Waals surface area contributed by atoms with Gasteiger partial charge in [0.2, 0.25) is 5.88 Å². The fourth-order valence-electron chi connectivity index (χ4n) is 4.44. The van der Waals surface area contributed by atoms with E-state index in [9.17, 15) is 0 Å². The molecule has 0 saturated heterocycles. The van der Waals surface area contributed by atoms with Crippen molar-refractivity contribution in [3.05, 3.63) is 97.5 Å². The van der Waals surface area contributed by atoms with Crippen LogP contribution < -0.4 is 14.8 Å². The molecule has 8 heteroatoms. The Hall–Kier alpha value is -5.11. The number of ether oxygens (including phenoxy) is 2. The van der Waals surface area contributed by atoms with E-state index >= 15 is 0 Å². The molecule has 0 saturated carbocycles. The van der Waals surface area contributed by atoms with E-state index < -0.39 is 0 Å². The molecule has 0 unspecified atom stereocenters. The maximum atomic E-state index is 6.03. The first-order chi connectivity index (χ1) is 18.3. The van der Waals surface area contributed by atoms with Crippen molar-refractivity contribution in [1.29, 1.82) is 0 Å². The number of rotatable bonds is 7. The first kappa shape index (κ1) is 22.4. The molecule has 0 bridgehead atoms. The topological polar surface area (TPSA) is 89.4 Å². The molecular weight excluding hydrogens is 464 g/mol. The van der Waals surface area contributed by atoms with Crippen molar-refractivity contribution >= 4 is 17.3 Å². The summed E-state index contributed by atoms with van der Waals surface area (Å²) in [5, 5.41) is 8.44. The van der Waals surface area contributed by atoms with E-state index in [0.717, 1.165) is 39.3 Å². The van der Waals surface area contributed by atoms with Crippen molar-refractivity contribution in [3.63, 3.8) is 0 Å². The summed E-state index contributed by atoms with van der Waals surface area (Å²) in [5.41, 5.74) is 6.05. The summed E-state index contributed by atoms with van der Waals surface area (Å²) in [5.74, 6) is 2.63. The Kier molecular flexibility index (Phi) is 5.74. The minimum Gasteiger partial charge on any atom is -0.497 e. The number of imidazole rings is 1. The van der Waals surface area contributed by atoms with Crippen LogP contribution in [0.1, 0.15) is 0 Å². The number of aromatic nitrogens is 5. The van der Waals surface area contributed by atoms with Crippen molar-refractivity contribution in [3.8, 4) is 45.1 Å². The lowest BCUT2D eigenvalue weighted by molar-refractivity contribution is 0.387. The van der Waals surface area contributed by atoms with E-state index in [1.54, 1.807) is 31.3 Å². The van der Waals surface area contributed by atoms with Crippen molar-refractivity contribution in [2.24, 2.45) is 0 Å². The molecule has 37 heavy (non-hydrogen) atoms. The van der Waals surface area contributed by atoms with Gasteiger partial charge in [0, 0.05) is 5.56 Å². The number of H-pyrrole nitrogens is 1. The third-order valence-electron chi connectivity index (χ3n) is 6.15. The molecule has 0 aliphatic carbocycles. The second kappa shape index (κ2) is 9.50. The summed E-state index contributed by atoms with van der Waals surface area (Å²) in [6.07, 6.45) is 3.33. The highest BCUT2D eigenvalue weighted by Gasteiger charge is 2.25. The van der Waals surface area contributed by atoms with Gasteiger partial charge in [0.05, 0.1) is 37.9 Å². The van der Waals surface area contributed by atoms with E-state index in [4.69, 9.17) is 19.6 Å². The third-order valence-corrected chi connectivity index (χ3v) is 6.15. The number of aromatic amines is 1. The molecule has 0 spiro atoms. The lowest BCUT2D eigenvalue weighted by Gasteiger charge is -2.16. The Morgan fingerprint density at radius 1 is 0.757 bits per heavy atom. The minimum atomic E-state index is 0.552. The molecule has 0 radical (unpaired) electrons. The van der Waals surface area contributed by atoms with Crippen molar-refractivity contribution in [2.45, 2.75) is 0 Å². The van der Waals surface area contributed by atoms with Crippen LogP contribution in [-0.4, -0.2) is 38.8 Å². The molecule has 0 aliphatic heterocycles. The highest BCUT2D eigenvalue weighted by atomic mass is 16.5. The SMILES string of the molecule is COc1ccc(-c2c(Nc3cnc[nH]3)nc3c(-c4ccccc4)c(-c4ccccc4)nn3c2OC)cc1. The fraction of sp³-hybridized carbons (Fsp3) is 0.0690. The van der Waals surface area contributed by atoms with Gasteiger partial charge in [-0.2, -0.15) is 9.61 Å². The lowest BCUT2D eigenvalue weighted by Crippen LogP contribution is -2.06. The summed E-state index contributed by atoms with van der Waals surface area (Å²) in [7, 11) is 3.29. The van der Waals surface area contributed by atoms with E-state index in [1.165, 1.54) is 0 Å². The molecule has 0 atom stereocenters. The fourth-order valence-corrected chi connectivity index (χ4v) is 4.44. The van der Waals surface area contributed by atoms with Crippen LogP contribution in [0.4, 0.5) is 11.6 Å². The van der Waals surface area contributed by atoms with Crippen molar-refractivity contribution in [1.82, 2.24) is 24.6 Å². The van der Waals surface area contributed by atoms with Crippen LogP contribution in [0.2, 0.25) is 0 Å². The molecule has 3 aromatic heterocycles. The molecule has 2 N–H and O–H groups in total. The number of anilines is 2. The standard InChI is InChI=1S/C29H24N6O2/c1-36-22-15-13-20(14-16-22)25-27(32-23-17-30-18-31-23)33-28-24(19-9-5-3-6-10-19)26(21-11-7-4-8-12-21)34-35(28)29(25)37-2/h3-18H,1-2H3,(H,30,31)(H,32,33). The van der Waals surface area contributed by atoms with Gasteiger partial charge in [0.1, 0.15) is 23.1 Å².